The summed E-state index contributed by atoms with van der Waals surface area (Å²) in [5.41, 5.74) is 7.97. The van der Waals surface area contributed by atoms with Crippen molar-refractivity contribution in [3.63, 3.8) is 0 Å². The Kier molecular flexibility index (Phi) is 15.6. The van der Waals surface area contributed by atoms with Gasteiger partial charge in [-0.3, -0.25) is 0 Å². The fourth-order valence-electron chi connectivity index (χ4n) is 6.25. The minimum Gasteiger partial charge on any atom is -0.459 e. The van der Waals surface area contributed by atoms with Gasteiger partial charge in [0, 0.05) is 0 Å². The van der Waals surface area contributed by atoms with Crippen molar-refractivity contribution in [1.29, 1.82) is 0 Å². The average molecular weight is 661 g/mol. The molecule has 0 amide bonds. The third kappa shape index (κ3) is 12.3. The van der Waals surface area contributed by atoms with Crippen molar-refractivity contribution in [1.82, 2.24) is 0 Å². The van der Waals surface area contributed by atoms with Crippen LogP contribution in [0.15, 0.2) is 91.0 Å². The minimum atomic E-state index is -0.390. The summed E-state index contributed by atoms with van der Waals surface area (Å²) in [6.45, 7) is 8.61. The number of hydrogen-bond acceptors (Lipinski definition) is 4. The molecule has 49 heavy (non-hydrogen) atoms. The van der Waals surface area contributed by atoms with Crippen LogP contribution in [0.25, 0.3) is 22.3 Å². The first-order chi connectivity index (χ1) is 23.9. The summed E-state index contributed by atoms with van der Waals surface area (Å²) in [7, 11) is 0. The molecule has 4 aromatic rings. The van der Waals surface area contributed by atoms with E-state index in [2.05, 4.69) is 39.0 Å². The lowest BCUT2D eigenvalue weighted by Gasteiger charge is -2.13. The van der Waals surface area contributed by atoms with Crippen LogP contribution in [0.2, 0.25) is 0 Å². The van der Waals surface area contributed by atoms with Gasteiger partial charge in [0.05, 0.1) is 17.2 Å². The molecular formula is C45H56O4. The largest absolute Gasteiger partial charge is 0.459 e. The van der Waals surface area contributed by atoms with Gasteiger partial charge in [0.1, 0.15) is 5.75 Å². The van der Waals surface area contributed by atoms with Crippen molar-refractivity contribution >= 4 is 11.9 Å². The third-order valence-electron chi connectivity index (χ3n) is 9.39. The number of benzene rings is 4. The van der Waals surface area contributed by atoms with Gasteiger partial charge in [-0.25, -0.2) is 9.59 Å². The Balaban J connectivity index is 1.24. The smallest absolute Gasteiger partial charge is 0.343 e. The summed E-state index contributed by atoms with van der Waals surface area (Å²) in [6.07, 6.45) is 17.3. The molecule has 1 atom stereocenters. The van der Waals surface area contributed by atoms with Crippen molar-refractivity contribution in [2.24, 2.45) is 0 Å². The zero-order valence-corrected chi connectivity index (χ0v) is 30.3. The Bertz CT molecular complexity index is 1570. The number of aryl methyl sites for hydroxylation is 2. The lowest BCUT2D eigenvalue weighted by molar-refractivity contribution is 0.0319. The summed E-state index contributed by atoms with van der Waals surface area (Å²) in [5.74, 6) is -0.200. The molecule has 4 aromatic carbocycles. The Hall–Kier alpha value is -4.18. The van der Waals surface area contributed by atoms with E-state index in [0.717, 1.165) is 41.5 Å². The van der Waals surface area contributed by atoms with Crippen LogP contribution in [-0.2, 0) is 11.2 Å². The van der Waals surface area contributed by atoms with Crippen LogP contribution in [-0.4, -0.2) is 18.0 Å². The molecule has 0 aliphatic rings. The maximum Gasteiger partial charge on any atom is 0.343 e. The molecule has 0 fully saturated rings. The minimum absolute atomic E-state index is 0.0899. The second kappa shape index (κ2) is 20.4. The van der Waals surface area contributed by atoms with Crippen LogP contribution in [0, 0.1) is 6.92 Å². The van der Waals surface area contributed by atoms with Crippen molar-refractivity contribution < 1.29 is 19.1 Å². The second-order valence-electron chi connectivity index (χ2n) is 13.5. The molecule has 0 spiro atoms. The molecule has 4 rings (SSSR count). The van der Waals surface area contributed by atoms with E-state index in [4.69, 9.17) is 9.47 Å². The highest BCUT2D eigenvalue weighted by atomic mass is 16.5. The van der Waals surface area contributed by atoms with Gasteiger partial charge in [0.25, 0.3) is 0 Å². The fraction of sp³-hybridized carbons (Fsp3) is 0.422. The number of carbonyl (C=O) groups is 2. The first kappa shape index (κ1) is 37.6. The monoisotopic (exact) mass is 660 g/mol. The van der Waals surface area contributed by atoms with E-state index < -0.39 is 5.97 Å². The third-order valence-corrected chi connectivity index (χ3v) is 9.39. The SMILES string of the molecule is CCCCCCCCCCc1ccc(-c2ccc(C(=O)Oc3ccc(-c4ccc(C(=O)OC(C)CCCCCC)cc4)cc3)cc2)cc1C. The van der Waals surface area contributed by atoms with Crippen LogP contribution < -0.4 is 4.74 Å². The highest BCUT2D eigenvalue weighted by molar-refractivity contribution is 5.92. The number of unbranched alkanes of at least 4 members (excludes halogenated alkanes) is 10. The predicted octanol–water partition coefficient (Wildman–Crippen LogP) is 12.7. The van der Waals surface area contributed by atoms with Gasteiger partial charge in [-0.05, 0) is 109 Å². The maximum absolute atomic E-state index is 12.9. The van der Waals surface area contributed by atoms with E-state index in [-0.39, 0.29) is 12.1 Å². The van der Waals surface area contributed by atoms with E-state index in [1.54, 1.807) is 24.3 Å². The first-order valence-corrected chi connectivity index (χ1v) is 18.7. The van der Waals surface area contributed by atoms with Crippen molar-refractivity contribution in [3.05, 3.63) is 113 Å². The summed E-state index contributed by atoms with van der Waals surface area (Å²) in [6, 6.07) is 29.2. The van der Waals surface area contributed by atoms with E-state index in [9.17, 15) is 9.59 Å². The second-order valence-corrected chi connectivity index (χ2v) is 13.5. The van der Waals surface area contributed by atoms with Gasteiger partial charge >= 0.3 is 11.9 Å². The van der Waals surface area contributed by atoms with Gasteiger partial charge in [0.15, 0.2) is 0 Å². The van der Waals surface area contributed by atoms with Gasteiger partial charge in [0.2, 0.25) is 0 Å². The molecule has 0 bridgehead atoms. The molecule has 4 heteroatoms. The van der Waals surface area contributed by atoms with E-state index in [1.807, 2.05) is 55.5 Å². The van der Waals surface area contributed by atoms with Crippen molar-refractivity contribution in [2.45, 2.75) is 124 Å². The Morgan fingerprint density at radius 3 is 1.59 bits per heavy atom. The first-order valence-electron chi connectivity index (χ1n) is 18.7. The molecular weight excluding hydrogens is 604 g/mol. The fourth-order valence-corrected chi connectivity index (χ4v) is 6.25. The summed E-state index contributed by atoms with van der Waals surface area (Å²) in [4.78, 5) is 25.5. The predicted molar refractivity (Wildman–Crippen MR) is 203 cm³/mol. The number of hydrogen-bond donors (Lipinski definition) is 0. The quantitative estimate of drug-likeness (QED) is 0.0538. The van der Waals surface area contributed by atoms with Crippen molar-refractivity contribution in [2.75, 3.05) is 0 Å². The molecule has 0 saturated carbocycles. The molecule has 4 nitrogen and oxygen atoms in total. The van der Waals surface area contributed by atoms with Gasteiger partial charge in [-0.15, -0.1) is 0 Å². The van der Waals surface area contributed by atoms with Crippen LogP contribution in [0.4, 0.5) is 0 Å². The summed E-state index contributed by atoms with van der Waals surface area (Å²) >= 11 is 0. The highest BCUT2D eigenvalue weighted by Crippen LogP contribution is 2.26. The summed E-state index contributed by atoms with van der Waals surface area (Å²) in [5, 5.41) is 0. The zero-order valence-electron chi connectivity index (χ0n) is 30.3. The number of carbonyl (C=O) groups excluding carboxylic acids is 2. The number of rotatable bonds is 20. The molecule has 0 aliphatic heterocycles. The van der Waals surface area contributed by atoms with Gasteiger partial charge < -0.3 is 9.47 Å². The molecule has 0 N–H and O–H groups in total. The average Bonchev–Trinajstić information content (AvgIpc) is 3.12. The van der Waals surface area contributed by atoms with Crippen LogP contribution >= 0.6 is 0 Å². The maximum atomic E-state index is 12.9. The Morgan fingerprint density at radius 2 is 1.02 bits per heavy atom. The highest BCUT2D eigenvalue weighted by Gasteiger charge is 2.13. The zero-order chi connectivity index (χ0) is 34.8. The Morgan fingerprint density at radius 1 is 0.551 bits per heavy atom. The van der Waals surface area contributed by atoms with Gasteiger partial charge in [-0.1, -0.05) is 133 Å². The lowest BCUT2D eigenvalue weighted by atomic mass is 9.96. The van der Waals surface area contributed by atoms with Crippen LogP contribution in [0.5, 0.6) is 5.75 Å². The molecule has 1 unspecified atom stereocenters. The van der Waals surface area contributed by atoms with Crippen LogP contribution in [0.3, 0.4) is 0 Å². The van der Waals surface area contributed by atoms with E-state index >= 15 is 0 Å². The standard InChI is InChI=1S/C45H56O4/c1-5-7-9-11-12-13-14-16-18-36-19-28-42(33-34(36)3)39-22-26-41(27-23-39)45(47)49-43-31-29-38(30-32-43)37-20-24-40(25-21-37)44(46)48-35(4)17-15-10-8-6-2/h19-33,35H,5-18H2,1-4H3. The normalized spacial score (nSPS) is 11.7. The molecule has 0 radical (unpaired) electrons. The molecule has 0 heterocycles. The van der Waals surface area contributed by atoms with Gasteiger partial charge in [-0.2, -0.15) is 0 Å². The van der Waals surface area contributed by atoms with Crippen molar-refractivity contribution in [3.8, 4) is 28.0 Å². The number of ether oxygens (including phenoxy) is 2. The topological polar surface area (TPSA) is 52.6 Å². The lowest BCUT2D eigenvalue weighted by Crippen LogP contribution is -2.15. The molecule has 0 aromatic heterocycles. The molecule has 0 aliphatic carbocycles. The van der Waals surface area contributed by atoms with Crippen LogP contribution in [0.1, 0.15) is 136 Å². The molecule has 0 saturated heterocycles. The van der Waals surface area contributed by atoms with E-state index in [0.29, 0.717) is 16.9 Å². The Labute approximate surface area is 295 Å². The molecule has 260 valence electrons. The van der Waals surface area contributed by atoms with E-state index in [1.165, 1.54) is 81.8 Å². The number of esters is 2. The summed E-state index contributed by atoms with van der Waals surface area (Å²) < 4.78 is 11.3.